The van der Waals surface area contributed by atoms with Crippen molar-refractivity contribution in [2.75, 3.05) is 19.7 Å². The molecule has 1 aromatic heterocycles. The Balaban J connectivity index is 1.56. The molecule has 4 rings (SSSR count). The van der Waals surface area contributed by atoms with Gasteiger partial charge in [-0.15, -0.1) is 0 Å². The molecule has 1 fully saturated rings. The number of aromatic amines is 1. The van der Waals surface area contributed by atoms with Crippen molar-refractivity contribution < 1.29 is 14.3 Å². The molecule has 2 heterocycles. The summed E-state index contributed by atoms with van der Waals surface area (Å²) in [7, 11) is 0. The van der Waals surface area contributed by atoms with E-state index in [1.165, 1.54) is 17.7 Å². The van der Waals surface area contributed by atoms with Gasteiger partial charge in [-0.2, -0.15) is 0 Å². The molecule has 2 aromatic carbocycles. The first-order chi connectivity index (χ1) is 12.7. The topological polar surface area (TPSA) is 56.3 Å². The second-order valence-electron chi connectivity index (χ2n) is 6.89. The maximum atomic E-state index is 13.4. The number of hydrogen-bond donors (Lipinski definition) is 2. The van der Waals surface area contributed by atoms with Crippen molar-refractivity contribution in [1.29, 1.82) is 0 Å². The zero-order valence-corrected chi connectivity index (χ0v) is 14.4. The molecule has 26 heavy (non-hydrogen) atoms. The quantitative estimate of drug-likeness (QED) is 0.757. The van der Waals surface area contributed by atoms with Gasteiger partial charge in [0.05, 0.1) is 5.56 Å². The number of rotatable bonds is 3. The minimum atomic E-state index is -0.331. The van der Waals surface area contributed by atoms with Gasteiger partial charge in [0, 0.05) is 42.7 Å². The number of carbonyl (C=O) groups excluding carboxylic acids is 1. The molecule has 3 aromatic rings. The standard InChI is InChI=1S/C21H21FN2O2/c22-16-6-7-18-19(11-23-20(18)10-16)21(26)24-9-8-17(15(12-24)13-25)14-4-2-1-3-5-14/h1-7,10-11,15,17,23,25H,8-9,12-13H2/t15-,17+/m1/s1. The van der Waals surface area contributed by atoms with Crippen molar-refractivity contribution >= 4 is 16.8 Å². The van der Waals surface area contributed by atoms with Crippen LogP contribution in [-0.2, 0) is 0 Å². The number of fused-ring (bicyclic) bond motifs is 1. The zero-order chi connectivity index (χ0) is 18.1. The highest BCUT2D eigenvalue weighted by molar-refractivity contribution is 6.06. The SMILES string of the molecule is O=C(c1c[nH]c2cc(F)ccc12)N1CC[C@@H](c2ccccc2)[C@@H](CO)C1. The van der Waals surface area contributed by atoms with Crippen molar-refractivity contribution in [2.24, 2.45) is 5.92 Å². The molecule has 2 N–H and O–H groups in total. The Morgan fingerprint density at radius 1 is 1.23 bits per heavy atom. The molecule has 0 unspecified atom stereocenters. The molecule has 5 heteroatoms. The molecule has 1 aliphatic heterocycles. The third-order valence-corrected chi connectivity index (χ3v) is 5.36. The smallest absolute Gasteiger partial charge is 0.256 e. The molecule has 4 nitrogen and oxygen atoms in total. The predicted octanol–water partition coefficient (Wildman–Crippen LogP) is 3.55. The first-order valence-corrected chi connectivity index (χ1v) is 8.89. The molecule has 2 atom stereocenters. The van der Waals surface area contributed by atoms with Crippen LogP contribution in [0.15, 0.2) is 54.7 Å². The highest BCUT2D eigenvalue weighted by Gasteiger charge is 2.32. The Labute approximate surface area is 151 Å². The number of benzene rings is 2. The van der Waals surface area contributed by atoms with Gasteiger partial charge in [0.25, 0.3) is 5.91 Å². The van der Waals surface area contributed by atoms with E-state index in [9.17, 15) is 14.3 Å². The van der Waals surface area contributed by atoms with Crippen LogP contribution >= 0.6 is 0 Å². The maximum Gasteiger partial charge on any atom is 0.256 e. The van der Waals surface area contributed by atoms with Crippen LogP contribution in [0.3, 0.4) is 0 Å². The molecular weight excluding hydrogens is 331 g/mol. The van der Waals surface area contributed by atoms with E-state index in [-0.39, 0.29) is 30.2 Å². The summed E-state index contributed by atoms with van der Waals surface area (Å²) in [5.41, 5.74) is 2.38. The Hall–Kier alpha value is -2.66. The summed E-state index contributed by atoms with van der Waals surface area (Å²) in [6.45, 7) is 1.20. The lowest BCUT2D eigenvalue weighted by molar-refractivity contribution is 0.0580. The number of likely N-dealkylation sites (tertiary alicyclic amines) is 1. The number of aromatic nitrogens is 1. The van der Waals surface area contributed by atoms with Crippen LogP contribution in [0.4, 0.5) is 4.39 Å². The van der Waals surface area contributed by atoms with E-state index in [4.69, 9.17) is 0 Å². The fourth-order valence-electron chi connectivity index (χ4n) is 3.99. The van der Waals surface area contributed by atoms with E-state index in [0.717, 1.165) is 11.8 Å². The van der Waals surface area contributed by atoms with Gasteiger partial charge in [-0.05, 0) is 36.1 Å². The maximum absolute atomic E-state index is 13.4. The van der Waals surface area contributed by atoms with Crippen LogP contribution in [-0.4, -0.2) is 40.6 Å². The minimum absolute atomic E-state index is 0.0118. The van der Waals surface area contributed by atoms with Crippen molar-refractivity contribution in [3.8, 4) is 0 Å². The average Bonchev–Trinajstić information content (AvgIpc) is 3.10. The van der Waals surface area contributed by atoms with Gasteiger partial charge in [0.2, 0.25) is 0 Å². The molecular formula is C21H21FN2O2. The van der Waals surface area contributed by atoms with Crippen molar-refractivity contribution in [3.05, 3.63) is 71.7 Å². The van der Waals surface area contributed by atoms with E-state index in [1.54, 1.807) is 17.2 Å². The van der Waals surface area contributed by atoms with Crippen LogP contribution in [0, 0.1) is 11.7 Å². The molecule has 1 aliphatic rings. The summed E-state index contributed by atoms with van der Waals surface area (Å²) in [6.07, 6.45) is 2.46. The molecule has 0 radical (unpaired) electrons. The largest absolute Gasteiger partial charge is 0.396 e. The number of amides is 1. The Bertz CT molecular complexity index is 922. The monoisotopic (exact) mass is 352 g/mol. The Morgan fingerprint density at radius 3 is 2.81 bits per heavy atom. The van der Waals surface area contributed by atoms with Crippen LogP contribution < -0.4 is 0 Å². The van der Waals surface area contributed by atoms with Gasteiger partial charge in [0.15, 0.2) is 0 Å². The van der Waals surface area contributed by atoms with Crippen molar-refractivity contribution in [3.63, 3.8) is 0 Å². The van der Waals surface area contributed by atoms with Gasteiger partial charge >= 0.3 is 0 Å². The minimum Gasteiger partial charge on any atom is -0.396 e. The van der Waals surface area contributed by atoms with E-state index >= 15 is 0 Å². The van der Waals surface area contributed by atoms with Crippen molar-refractivity contribution in [2.45, 2.75) is 12.3 Å². The van der Waals surface area contributed by atoms with E-state index in [0.29, 0.717) is 24.2 Å². The van der Waals surface area contributed by atoms with Gasteiger partial charge in [-0.1, -0.05) is 30.3 Å². The van der Waals surface area contributed by atoms with Gasteiger partial charge in [-0.25, -0.2) is 4.39 Å². The molecule has 0 saturated carbocycles. The second kappa shape index (κ2) is 6.92. The first kappa shape index (κ1) is 16.8. The van der Waals surface area contributed by atoms with Gasteiger partial charge in [0.1, 0.15) is 5.82 Å². The number of aliphatic hydroxyl groups excluding tert-OH is 1. The summed E-state index contributed by atoms with van der Waals surface area (Å²) in [4.78, 5) is 17.8. The highest BCUT2D eigenvalue weighted by Crippen LogP contribution is 2.33. The molecule has 1 amide bonds. The number of nitrogens with one attached hydrogen (secondary N) is 1. The van der Waals surface area contributed by atoms with Crippen LogP contribution in [0.5, 0.6) is 0 Å². The lowest BCUT2D eigenvalue weighted by Crippen LogP contribution is -2.44. The Kier molecular flexibility index (Phi) is 4.47. The normalized spacial score (nSPS) is 20.5. The average molecular weight is 352 g/mol. The fourth-order valence-corrected chi connectivity index (χ4v) is 3.99. The zero-order valence-electron chi connectivity index (χ0n) is 14.4. The van der Waals surface area contributed by atoms with E-state index in [2.05, 4.69) is 17.1 Å². The van der Waals surface area contributed by atoms with Crippen LogP contribution in [0.1, 0.15) is 28.3 Å². The number of nitrogens with zero attached hydrogens (tertiary/aromatic N) is 1. The number of H-pyrrole nitrogens is 1. The first-order valence-electron chi connectivity index (χ1n) is 8.89. The summed E-state index contributed by atoms with van der Waals surface area (Å²) in [5.74, 6) is -0.143. The fraction of sp³-hybridized carbons (Fsp3) is 0.286. The molecule has 0 spiro atoms. The lowest BCUT2D eigenvalue weighted by atomic mass is 9.81. The molecule has 134 valence electrons. The van der Waals surface area contributed by atoms with Crippen LogP contribution in [0.2, 0.25) is 0 Å². The van der Waals surface area contributed by atoms with Gasteiger partial charge in [-0.3, -0.25) is 4.79 Å². The third-order valence-electron chi connectivity index (χ3n) is 5.36. The van der Waals surface area contributed by atoms with E-state index < -0.39 is 0 Å². The third kappa shape index (κ3) is 2.99. The summed E-state index contributed by atoms with van der Waals surface area (Å²) >= 11 is 0. The molecule has 0 aliphatic carbocycles. The number of piperidine rings is 1. The van der Waals surface area contributed by atoms with Crippen molar-refractivity contribution in [1.82, 2.24) is 9.88 Å². The van der Waals surface area contributed by atoms with Crippen LogP contribution in [0.25, 0.3) is 10.9 Å². The highest BCUT2D eigenvalue weighted by atomic mass is 19.1. The number of carbonyl (C=O) groups is 1. The lowest BCUT2D eigenvalue weighted by Gasteiger charge is -2.38. The van der Waals surface area contributed by atoms with Gasteiger partial charge < -0.3 is 15.0 Å². The van der Waals surface area contributed by atoms with E-state index in [1.807, 2.05) is 18.2 Å². The predicted molar refractivity (Wildman–Crippen MR) is 98.5 cm³/mol. The second-order valence-corrected chi connectivity index (χ2v) is 6.89. The number of halogens is 1. The number of aliphatic hydroxyl groups is 1. The summed E-state index contributed by atoms with van der Waals surface area (Å²) < 4.78 is 13.4. The molecule has 1 saturated heterocycles. The summed E-state index contributed by atoms with van der Waals surface area (Å²) in [6, 6.07) is 14.6. The summed E-state index contributed by atoms with van der Waals surface area (Å²) in [5, 5.41) is 10.6. The molecule has 0 bridgehead atoms. The number of hydrogen-bond acceptors (Lipinski definition) is 2. The Morgan fingerprint density at radius 2 is 2.04 bits per heavy atom.